The molecule has 3 N–H and O–H groups in total. The molecule has 0 saturated heterocycles. The Morgan fingerprint density at radius 3 is 2.81 bits per heavy atom. The van der Waals surface area contributed by atoms with Crippen LogP contribution >= 0.6 is 0 Å². The molecule has 6 nitrogen and oxygen atoms in total. The van der Waals surface area contributed by atoms with Gasteiger partial charge in [-0.2, -0.15) is 5.26 Å². The number of hydrogen-bond acceptors (Lipinski definition) is 5. The van der Waals surface area contributed by atoms with Crippen molar-refractivity contribution in [3.05, 3.63) is 33.9 Å². The van der Waals surface area contributed by atoms with Crippen LogP contribution in [0.25, 0.3) is 0 Å². The van der Waals surface area contributed by atoms with Gasteiger partial charge in [-0.15, -0.1) is 0 Å². The lowest BCUT2D eigenvalue weighted by Crippen LogP contribution is -2.13. The van der Waals surface area contributed by atoms with Gasteiger partial charge >= 0.3 is 0 Å². The fraction of sp³-hybridized carbons (Fsp3) is 0.300. The highest BCUT2D eigenvalue weighted by atomic mass is 16.6. The molecule has 0 aromatic heterocycles. The molecule has 82 valence electrons. The van der Waals surface area contributed by atoms with Crippen LogP contribution in [0.3, 0.4) is 0 Å². The van der Waals surface area contributed by atoms with E-state index in [1.807, 2.05) is 0 Å². The van der Waals surface area contributed by atoms with Gasteiger partial charge in [-0.05, 0) is 18.6 Å². The zero-order valence-electron chi connectivity index (χ0n) is 8.38. The first-order valence-electron chi connectivity index (χ1n) is 4.82. The van der Waals surface area contributed by atoms with Crippen molar-refractivity contribution >= 4 is 11.4 Å². The molecular weight excluding hydrogens is 208 g/mol. The standard InChI is InChI=1S/C10H10N4O2/c11-5-6-1-2-7(3-10(6)14(15)16)13-9-4-8(9)12/h1-3,8-9,13H,4,12H2. The van der Waals surface area contributed by atoms with Gasteiger partial charge < -0.3 is 11.1 Å². The minimum Gasteiger partial charge on any atom is -0.380 e. The molecule has 2 unspecified atom stereocenters. The predicted molar refractivity (Wildman–Crippen MR) is 57.8 cm³/mol. The molecule has 1 saturated carbocycles. The molecular formula is C10H10N4O2. The van der Waals surface area contributed by atoms with Gasteiger partial charge in [-0.25, -0.2) is 0 Å². The zero-order valence-corrected chi connectivity index (χ0v) is 8.38. The van der Waals surface area contributed by atoms with Crippen LogP contribution in [0.5, 0.6) is 0 Å². The summed E-state index contributed by atoms with van der Waals surface area (Å²) in [5, 5.41) is 22.5. The smallest absolute Gasteiger partial charge is 0.289 e. The number of benzene rings is 1. The topological polar surface area (TPSA) is 105 Å². The first-order chi connectivity index (χ1) is 7.61. The van der Waals surface area contributed by atoms with E-state index >= 15 is 0 Å². The Bertz CT molecular complexity index is 480. The van der Waals surface area contributed by atoms with Crippen LogP contribution in [0.1, 0.15) is 12.0 Å². The number of nitrogens with two attached hydrogens (primary N) is 1. The van der Waals surface area contributed by atoms with Gasteiger partial charge in [0.1, 0.15) is 11.6 Å². The molecule has 0 heterocycles. The van der Waals surface area contributed by atoms with Crippen molar-refractivity contribution in [1.82, 2.24) is 0 Å². The van der Waals surface area contributed by atoms with E-state index in [1.165, 1.54) is 12.1 Å². The number of nitrogens with one attached hydrogen (secondary N) is 1. The largest absolute Gasteiger partial charge is 0.380 e. The molecule has 1 aromatic rings. The second kappa shape index (κ2) is 3.79. The number of nitro benzene ring substituents is 1. The molecule has 0 bridgehead atoms. The van der Waals surface area contributed by atoms with Crippen molar-refractivity contribution in [1.29, 1.82) is 5.26 Å². The van der Waals surface area contributed by atoms with E-state index in [-0.39, 0.29) is 23.3 Å². The number of rotatable bonds is 3. The molecule has 0 radical (unpaired) electrons. The molecule has 1 aromatic carbocycles. The number of nitriles is 1. The van der Waals surface area contributed by atoms with Crippen LogP contribution in [0.15, 0.2) is 18.2 Å². The Morgan fingerprint density at radius 2 is 2.31 bits per heavy atom. The summed E-state index contributed by atoms with van der Waals surface area (Å²) in [7, 11) is 0. The average Bonchev–Trinajstić information content (AvgIpc) is 2.94. The van der Waals surface area contributed by atoms with E-state index in [2.05, 4.69) is 5.32 Å². The Hall–Kier alpha value is -2.13. The van der Waals surface area contributed by atoms with Gasteiger partial charge in [0.05, 0.1) is 4.92 Å². The molecule has 2 atom stereocenters. The van der Waals surface area contributed by atoms with Crippen LogP contribution < -0.4 is 11.1 Å². The van der Waals surface area contributed by atoms with E-state index < -0.39 is 4.92 Å². The SMILES string of the molecule is N#Cc1ccc(NC2CC2N)cc1[N+](=O)[O-]. The maximum absolute atomic E-state index is 10.7. The number of hydrogen-bond donors (Lipinski definition) is 2. The van der Waals surface area contributed by atoms with Crippen molar-refractivity contribution in [3.8, 4) is 6.07 Å². The Morgan fingerprint density at radius 1 is 1.62 bits per heavy atom. The average molecular weight is 218 g/mol. The van der Waals surface area contributed by atoms with Crippen molar-refractivity contribution in [3.63, 3.8) is 0 Å². The third-order valence-corrected chi connectivity index (χ3v) is 2.51. The van der Waals surface area contributed by atoms with Crippen LogP contribution in [0, 0.1) is 21.4 Å². The van der Waals surface area contributed by atoms with E-state index in [1.54, 1.807) is 12.1 Å². The van der Waals surface area contributed by atoms with Crippen molar-refractivity contribution in [2.45, 2.75) is 18.5 Å². The van der Waals surface area contributed by atoms with Gasteiger partial charge in [0.15, 0.2) is 0 Å². The van der Waals surface area contributed by atoms with E-state index in [0.717, 1.165) is 6.42 Å². The molecule has 0 spiro atoms. The number of nitrogens with zero attached hydrogens (tertiary/aromatic N) is 2. The molecule has 0 amide bonds. The number of nitro groups is 1. The van der Waals surface area contributed by atoms with Crippen molar-refractivity contribution in [2.75, 3.05) is 5.32 Å². The maximum Gasteiger partial charge on any atom is 0.289 e. The monoisotopic (exact) mass is 218 g/mol. The predicted octanol–water partition coefficient (Wildman–Crippen LogP) is 0.978. The molecule has 2 rings (SSSR count). The quantitative estimate of drug-likeness (QED) is 0.581. The maximum atomic E-state index is 10.7. The third kappa shape index (κ3) is 1.94. The minimum absolute atomic E-state index is 0.0654. The molecule has 0 aliphatic heterocycles. The fourth-order valence-electron chi connectivity index (χ4n) is 1.46. The Kier molecular flexibility index (Phi) is 2.46. The van der Waals surface area contributed by atoms with Gasteiger partial charge in [0.25, 0.3) is 5.69 Å². The summed E-state index contributed by atoms with van der Waals surface area (Å²) >= 11 is 0. The van der Waals surface area contributed by atoms with Crippen molar-refractivity contribution < 1.29 is 4.92 Å². The Labute approximate surface area is 91.8 Å². The van der Waals surface area contributed by atoms with Crippen LogP contribution in [0.4, 0.5) is 11.4 Å². The van der Waals surface area contributed by atoms with Crippen LogP contribution in [-0.4, -0.2) is 17.0 Å². The van der Waals surface area contributed by atoms with Gasteiger partial charge in [-0.3, -0.25) is 10.1 Å². The fourth-order valence-corrected chi connectivity index (χ4v) is 1.46. The second-order valence-electron chi connectivity index (χ2n) is 3.75. The minimum atomic E-state index is -0.559. The Balaban J connectivity index is 2.25. The van der Waals surface area contributed by atoms with Gasteiger partial charge in [-0.1, -0.05) is 0 Å². The highest BCUT2D eigenvalue weighted by molar-refractivity contribution is 5.60. The van der Waals surface area contributed by atoms with E-state index in [4.69, 9.17) is 11.0 Å². The lowest BCUT2D eigenvalue weighted by atomic mass is 10.2. The number of anilines is 1. The van der Waals surface area contributed by atoms with Crippen LogP contribution in [-0.2, 0) is 0 Å². The lowest BCUT2D eigenvalue weighted by Gasteiger charge is -2.04. The highest BCUT2D eigenvalue weighted by Crippen LogP contribution is 2.27. The van der Waals surface area contributed by atoms with Gasteiger partial charge in [0.2, 0.25) is 0 Å². The summed E-state index contributed by atoms with van der Waals surface area (Å²) in [6.45, 7) is 0. The summed E-state index contributed by atoms with van der Waals surface area (Å²) in [5.74, 6) is 0. The molecule has 6 heteroatoms. The second-order valence-corrected chi connectivity index (χ2v) is 3.75. The first-order valence-corrected chi connectivity index (χ1v) is 4.82. The highest BCUT2D eigenvalue weighted by Gasteiger charge is 2.33. The summed E-state index contributed by atoms with van der Waals surface area (Å²) in [6.07, 6.45) is 0.869. The van der Waals surface area contributed by atoms with Crippen molar-refractivity contribution in [2.24, 2.45) is 5.73 Å². The normalized spacial score (nSPS) is 22.2. The molecule has 1 fully saturated rings. The van der Waals surface area contributed by atoms with E-state index in [9.17, 15) is 10.1 Å². The van der Waals surface area contributed by atoms with E-state index in [0.29, 0.717) is 5.69 Å². The third-order valence-electron chi connectivity index (χ3n) is 2.51. The molecule has 16 heavy (non-hydrogen) atoms. The first kappa shape index (κ1) is 10.4. The lowest BCUT2D eigenvalue weighted by molar-refractivity contribution is -0.385. The summed E-state index contributed by atoms with van der Waals surface area (Å²) in [4.78, 5) is 10.1. The molecule has 1 aliphatic carbocycles. The van der Waals surface area contributed by atoms with Gasteiger partial charge in [0, 0.05) is 23.8 Å². The zero-order chi connectivity index (χ0) is 11.7. The summed E-state index contributed by atoms with van der Waals surface area (Å²) in [5.41, 5.74) is 6.13. The molecule has 1 aliphatic rings. The summed E-state index contributed by atoms with van der Waals surface area (Å²) in [6, 6.07) is 6.55. The summed E-state index contributed by atoms with van der Waals surface area (Å²) < 4.78 is 0. The van der Waals surface area contributed by atoms with Crippen LogP contribution in [0.2, 0.25) is 0 Å².